The predicted octanol–water partition coefficient (Wildman–Crippen LogP) is 1.52. The lowest BCUT2D eigenvalue weighted by molar-refractivity contribution is -0.136. The Labute approximate surface area is 149 Å². The Balaban J connectivity index is 1.50. The van der Waals surface area contributed by atoms with Gasteiger partial charge in [0.1, 0.15) is 0 Å². The van der Waals surface area contributed by atoms with Gasteiger partial charge in [0.05, 0.1) is 6.04 Å². The Hall–Kier alpha value is -2.08. The van der Waals surface area contributed by atoms with Gasteiger partial charge in [-0.1, -0.05) is 30.3 Å². The molecule has 0 aliphatic carbocycles. The molecule has 0 radical (unpaired) electrons. The number of carbonyl (C=O) groups is 2. The van der Waals surface area contributed by atoms with Gasteiger partial charge in [-0.2, -0.15) is 0 Å². The van der Waals surface area contributed by atoms with Crippen LogP contribution in [-0.4, -0.2) is 71.9 Å². The number of likely N-dealkylation sites (tertiary alicyclic amines) is 1. The van der Waals surface area contributed by atoms with Gasteiger partial charge in [-0.25, -0.2) is 4.79 Å². The lowest BCUT2D eigenvalue weighted by Crippen LogP contribution is -2.52. The van der Waals surface area contributed by atoms with Crippen LogP contribution in [0.3, 0.4) is 0 Å². The van der Waals surface area contributed by atoms with E-state index in [1.54, 1.807) is 4.90 Å². The molecule has 1 aromatic carbocycles. The first kappa shape index (κ1) is 17.7. The second-order valence-electron chi connectivity index (χ2n) is 7.05. The van der Waals surface area contributed by atoms with Gasteiger partial charge >= 0.3 is 6.03 Å². The summed E-state index contributed by atoms with van der Waals surface area (Å²) in [5.74, 6) is 0.154. The summed E-state index contributed by atoms with van der Waals surface area (Å²) in [4.78, 5) is 30.5. The monoisotopic (exact) mass is 344 g/mol. The number of benzene rings is 1. The fourth-order valence-corrected chi connectivity index (χ4v) is 3.83. The van der Waals surface area contributed by atoms with Gasteiger partial charge < -0.3 is 15.1 Å². The van der Waals surface area contributed by atoms with E-state index in [1.807, 2.05) is 49.2 Å². The van der Waals surface area contributed by atoms with E-state index >= 15 is 0 Å². The third-order valence-corrected chi connectivity index (χ3v) is 5.37. The minimum absolute atomic E-state index is 0.0603. The Bertz CT molecular complexity index is 599. The molecular weight excluding hydrogens is 316 g/mol. The van der Waals surface area contributed by atoms with Crippen molar-refractivity contribution in [2.45, 2.75) is 38.4 Å². The zero-order valence-electron chi connectivity index (χ0n) is 15.1. The molecule has 2 saturated heterocycles. The molecule has 0 spiro atoms. The van der Waals surface area contributed by atoms with Gasteiger partial charge in [0.2, 0.25) is 5.91 Å². The lowest BCUT2D eigenvalue weighted by atomic mass is 10.0. The summed E-state index contributed by atoms with van der Waals surface area (Å²) in [6.07, 6.45) is 1.88. The Morgan fingerprint density at radius 2 is 1.92 bits per heavy atom. The molecule has 2 fully saturated rings. The third kappa shape index (κ3) is 4.12. The largest absolute Gasteiger partial charge is 0.340 e. The summed E-state index contributed by atoms with van der Waals surface area (Å²) in [5, 5.41) is 2.87. The number of hydrogen-bond acceptors (Lipinski definition) is 3. The molecule has 6 nitrogen and oxygen atoms in total. The minimum Gasteiger partial charge on any atom is -0.340 e. The number of carbonyl (C=O) groups excluding carboxylic acids is 2. The van der Waals surface area contributed by atoms with Crippen LogP contribution in [0.2, 0.25) is 0 Å². The van der Waals surface area contributed by atoms with Crippen LogP contribution in [0.25, 0.3) is 0 Å². The fraction of sp³-hybridized carbons (Fsp3) is 0.579. The summed E-state index contributed by atoms with van der Waals surface area (Å²) in [7, 11) is 1.87. The van der Waals surface area contributed by atoms with Crippen LogP contribution < -0.4 is 5.32 Å². The van der Waals surface area contributed by atoms with Crippen molar-refractivity contribution in [3.63, 3.8) is 0 Å². The molecule has 2 aliphatic rings. The SMILES string of the molecule is C[C@@H](C(=O)N(C)Cc1ccccc1)N1CCC(N2CCNC2=O)CC1. The summed E-state index contributed by atoms with van der Waals surface area (Å²) < 4.78 is 0. The van der Waals surface area contributed by atoms with Gasteiger partial charge in [-0.15, -0.1) is 0 Å². The number of hydrogen-bond donors (Lipinski definition) is 1. The third-order valence-electron chi connectivity index (χ3n) is 5.37. The minimum atomic E-state index is -0.123. The number of nitrogens with zero attached hydrogens (tertiary/aromatic N) is 3. The van der Waals surface area contributed by atoms with Gasteiger partial charge in [-0.05, 0) is 25.3 Å². The highest BCUT2D eigenvalue weighted by Gasteiger charge is 2.33. The van der Waals surface area contributed by atoms with E-state index in [1.165, 1.54) is 0 Å². The highest BCUT2D eigenvalue weighted by Crippen LogP contribution is 2.20. The first-order valence-electron chi connectivity index (χ1n) is 9.13. The summed E-state index contributed by atoms with van der Waals surface area (Å²) in [5.41, 5.74) is 1.14. The average Bonchev–Trinajstić information content (AvgIpc) is 3.07. The van der Waals surface area contributed by atoms with Crippen LogP contribution in [0.4, 0.5) is 4.79 Å². The molecule has 2 heterocycles. The quantitative estimate of drug-likeness (QED) is 0.881. The molecule has 0 aromatic heterocycles. The second-order valence-corrected chi connectivity index (χ2v) is 7.05. The molecule has 1 aromatic rings. The van der Waals surface area contributed by atoms with Crippen LogP contribution in [0, 0.1) is 0 Å². The molecule has 2 aliphatic heterocycles. The second kappa shape index (κ2) is 7.87. The van der Waals surface area contributed by atoms with Crippen molar-refractivity contribution < 1.29 is 9.59 Å². The Morgan fingerprint density at radius 3 is 2.52 bits per heavy atom. The van der Waals surface area contributed by atoms with Crippen LogP contribution in [0.15, 0.2) is 30.3 Å². The van der Waals surface area contributed by atoms with Crippen molar-refractivity contribution in [1.29, 1.82) is 0 Å². The summed E-state index contributed by atoms with van der Waals surface area (Å²) in [6, 6.07) is 10.3. The van der Waals surface area contributed by atoms with Gasteiger partial charge in [-0.3, -0.25) is 9.69 Å². The van der Waals surface area contributed by atoms with Crippen LogP contribution >= 0.6 is 0 Å². The standard InChI is InChI=1S/C19H28N4O2/c1-15(18(24)21(2)14-16-6-4-3-5-7-16)22-11-8-17(9-12-22)23-13-10-20-19(23)25/h3-7,15,17H,8-14H2,1-2H3,(H,20,25)/t15-/m0/s1. The molecule has 3 rings (SSSR count). The van der Waals surface area contributed by atoms with Crippen molar-refractivity contribution in [3.05, 3.63) is 35.9 Å². The number of piperidine rings is 1. The maximum atomic E-state index is 12.7. The van der Waals surface area contributed by atoms with E-state index < -0.39 is 0 Å². The van der Waals surface area contributed by atoms with Crippen LogP contribution in [0.5, 0.6) is 0 Å². The van der Waals surface area contributed by atoms with Crippen molar-refractivity contribution in [3.8, 4) is 0 Å². The first-order valence-corrected chi connectivity index (χ1v) is 9.13. The number of nitrogens with one attached hydrogen (secondary N) is 1. The van der Waals surface area contributed by atoms with E-state index in [2.05, 4.69) is 10.2 Å². The molecule has 6 heteroatoms. The molecular formula is C19H28N4O2. The maximum Gasteiger partial charge on any atom is 0.317 e. The van der Waals surface area contributed by atoms with Crippen LogP contribution in [0.1, 0.15) is 25.3 Å². The topological polar surface area (TPSA) is 55.9 Å². The van der Waals surface area contributed by atoms with E-state index in [9.17, 15) is 9.59 Å². The van der Waals surface area contributed by atoms with Crippen molar-refractivity contribution in [2.75, 3.05) is 33.2 Å². The highest BCUT2D eigenvalue weighted by molar-refractivity contribution is 5.81. The Kier molecular flexibility index (Phi) is 5.58. The highest BCUT2D eigenvalue weighted by atomic mass is 16.2. The molecule has 1 N–H and O–H groups in total. The summed E-state index contributed by atoms with van der Waals surface area (Å²) in [6.45, 7) is 5.90. The number of rotatable bonds is 5. The van der Waals surface area contributed by atoms with Gasteiger partial charge in [0.15, 0.2) is 0 Å². The zero-order valence-corrected chi connectivity index (χ0v) is 15.1. The Morgan fingerprint density at radius 1 is 1.24 bits per heavy atom. The fourth-order valence-electron chi connectivity index (χ4n) is 3.83. The molecule has 0 saturated carbocycles. The van der Waals surface area contributed by atoms with Gasteiger partial charge in [0.25, 0.3) is 0 Å². The number of urea groups is 1. The zero-order chi connectivity index (χ0) is 17.8. The molecule has 3 amide bonds. The van der Waals surface area contributed by atoms with Crippen LogP contribution in [-0.2, 0) is 11.3 Å². The molecule has 0 unspecified atom stereocenters. The van der Waals surface area contributed by atoms with E-state index in [0.29, 0.717) is 12.6 Å². The number of likely N-dealkylation sites (N-methyl/N-ethyl adjacent to an activating group) is 1. The molecule has 136 valence electrons. The summed E-state index contributed by atoms with van der Waals surface area (Å²) >= 11 is 0. The van der Waals surface area contributed by atoms with E-state index in [0.717, 1.165) is 44.6 Å². The number of amides is 3. The van der Waals surface area contributed by atoms with Gasteiger partial charge in [0, 0.05) is 45.8 Å². The normalized spacial score (nSPS) is 20.4. The van der Waals surface area contributed by atoms with E-state index in [-0.39, 0.29) is 18.0 Å². The first-order chi connectivity index (χ1) is 12.1. The van der Waals surface area contributed by atoms with Crippen molar-refractivity contribution >= 4 is 11.9 Å². The predicted molar refractivity (Wildman–Crippen MR) is 97.1 cm³/mol. The van der Waals surface area contributed by atoms with Crippen molar-refractivity contribution in [2.24, 2.45) is 0 Å². The molecule has 0 bridgehead atoms. The lowest BCUT2D eigenvalue weighted by Gasteiger charge is -2.39. The van der Waals surface area contributed by atoms with Crippen molar-refractivity contribution in [1.82, 2.24) is 20.0 Å². The smallest absolute Gasteiger partial charge is 0.317 e. The average molecular weight is 344 g/mol. The molecule has 1 atom stereocenters. The molecule has 25 heavy (non-hydrogen) atoms. The van der Waals surface area contributed by atoms with E-state index in [4.69, 9.17) is 0 Å². The maximum absolute atomic E-state index is 12.7.